The first kappa shape index (κ1) is 24.0. The van der Waals surface area contributed by atoms with Crippen molar-refractivity contribution in [2.45, 2.75) is 74.7 Å². The lowest BCUT2D eigenvalue weighted by atomic mass is 10.0. The van der Waals surface area contributed by atoms with Crippen LogP contribution in [-0.4, -0.2) is 29.0 Å². The van der Waals surface area contributed by atoms with Crippen molar-refractivity contribution >= 4 is 28.9 Å². The second-order valence-corrected chi connectivity index (χ2v) is 9.29. The van der Waals surface area contributed by atoms with Crippen molar-refractivity contribution in [1.82, 2.24) is 9.97 Å². The van der Waals surface area contributed by atoms with E-state index in [1.807, 2.05) is 11.8 Å². The molecule has 5 heteroatoms. The number of hydrogen-bond acceptors (Lipinski definition) is 4. The molecule has 1 aromatic carbocycles. The minimum Gasteiger partial charge on any atom is -0.310 e. The van der Waals surface area contributed by atoms with Crippen molar-refractivity contribution in [1.29, 1.82) is 0 Å². The van der Waals surface area contributed by atoms with Crippen LogP contribution in [0.15, 0.2) is 18.2 Å². The highest BCUT2D eigenvalue weighted by Gasteiger charge is 2.36. The molecule has 0 unspecified atom stereocenters. The number of amides is 1. The molecule has 0 fully saturated rings. The summed E-state index contributed by atoms with van der Waals surface area (Å²) in [6.07, 6.45) is 5.25. The Kier molecular flexibility index (Phi) is 7.37. The molecule has 0 spiro atoms. The van der Waals surface area contributed by atoms with E-state index in [2.05, 4.69) is 71.6 Å². The van der Waals surface area contributed by atoms with E-state index in [1.54, 1.807) is 0 Å². The number of aromatic nitrogens is 2. The Morgan fingerprint density at radius 2 is 1.69 bits per heavy atom. The van der Waals surface area contributed by atoms with Gasteiger partial charge in [-0.2, -0.15) is 4.98 Å². The van der Waals surface area contributed by atoms with E-state index in [0.29, 0.717) is 12.5 Å². The van der Waals surface area contributed by atoms with Gasteiger partial charge >= 0.3 is 0 Å². The number of rotatable bonds is 8. The zero-order valence-electron chi connectivity index (χ0n) is 21.0. The number of benzene rings is 1. The third-order valence-electron chi connectivity index (χ3n) is 6.01. The molecule has 1 aromatic heterocycles. The first-order chi connectivity index (χ1) is 15.2. The molecule has 0 aliphatic carbocycles. The Balaban J connectivity index is 2.16. The topological polar surface area (TPSA) is 49.3 Å². The van der Waals surface area contributed by atoms with Crippen molar-refractivity contribution in [3.63, 3.8) is 0 Å². The highest BCUT2D eigenvalue weighted by atomic mass is 16.2. The van der Waals surface area contributed by atoms with E-state index in [4.69, 9.17) is 9.97 Å². The van der Waals surface area contributed by atoms with Crippen LogP contribution in [0.5, 0.6) is 0 Å². The summed E-state index contributed by atoms with van der Waals surface area (Å²) in [7, 11) is 0. The largest absolute Gasteiger partial charge is 0.310 e. The van der Waals surface area contributed by atoms with Crippen LogP contribution in [0.25, 0.3) is 5.57 Å². The van der Waals surface area contributed by atoms with Crippen LogP contribution in [0, 0.1) is 33.6 Å². The minimum absolute atomic E-state index is 0.0603. The molecule has 1 aliphatic rings. The molecule has 0 atom stereocenters. The van der Waals surface area contributed by atoms with E-state index in [9.17, 15) is 4.79 Å². The van der Waals surface area contributed by atoms with Crippen molar-refractivity contribution in [3.05, 3.63) is 46.2 Å². The van der Waals surface area contributed by atoms with Gasteiger partial charge in [-0.3, -0.25) is 9.69 Å². The molecule has 2 heterocycles. The summed E-state index contributed by atoms with van der Waals surface area (Å²) in [6, 6.07) is 4.41. The second kappa shape index (κ2) is 9.85. The Hall–Kier alpha value is -2.69. The SMILES string of the molecule is CCCCCN1C(=O)C(=CC(C)C)c2c(C)nc(N(CC)c3c(C)cc(C)cc3C)nc21. The maximum absolute atomic E-state index is 13.4. The number of anilines is 3. The average molecular weight is 435 g/mol. The Morgan fingerprint density at radius 1 is 1.03 bits per heavy atom. The predicted molar refractivity (Wildman–Crippen MR) is 135 cm³/mol. The fraction of sp³-hybridized carbons (Fsp3) is 0.519. The lowest BCUT2D eigenvalue weighted by molar-refractivity contribution is -0.113. The molecule has 5 nitrogen and oxygen atoms in total. The number of nitrogens with zero attached hydrogens (tertiary/aromatic N) is 4. The molecular formula is C27H38N4O. The molecule has 0 saturated heterocycles. The van der Waals surface area contributed by atoms with Crippen molar-refractivity contribution in [3.8, 4) is 0 Å². The van der Waals surface area contributed by atoms with Gasteiger partial charge in [-0.15, -0.1) is 0 Å². The third kappa shape index (κ3) is 4.57. The number of aryl methyl sites for hydroxylation is 4. The van der Waals surface area contributed by atoms with Gasteiger partial charge in [0, 0.05) is 24.4 Å². The van der Waals surface area contributed by atoms with Gasteiger partial charge in [0.25, 0.3) is 5.91 Å². The van der Waals surface area contributed by atoms with Crippen LogP contribution in [0.1, 0.15) is 74.9 Å². The van der Waals surface area contributed by atoms with E-state index in [0.717, 1.165) is 54.1 Å². The van der Waals surface area contributed by atoms with Crippen LogP contribution in [-0.2, 0) is 4.79 Å². The van der Waals surface area contributed by atoms with E-state index < -0.39 is 0 Å². The van der Waals surface area contributed by atoms with Crippen LogP contribution >= 0.6 is 0 Å². The van der Waals surface area contributed by atoms with Gasteiger partial charge < -0.3 is 4.90 Å². The molecule has 0 radical (unpaired) electrons. The van der Waals surface area contributed by atoms with Gasteiger partial charge in [-0.25, -0.2) is 4.98 Å². The summed E-state index contributed by atoms with van der Waals surface area (Å²) in [4.78, 5) is 27.4. The molecule has 3 rings (SSSR count). The van der Waals surface area contributed by atoms with Gasteiger partial charge in [0.2, 0.25) is 5.95 Å². The molecule has 0 bridgehead atoms. The lowest BCUT2D eigenvalue weighted by Crippen LogP contribution is -2.29. The maximum atomic E-state index is 13.4. The van der Waals surface area contributed by atoms with Crippen molar-refractivity contribution < 1.29 is 4.79 Å². The Labute approximate surface area is 193 Å². The van der Waals surface area contributed by atoms with E-state index >= 15 is 0 Å². The average Bonchev–Trinajstić information content (AvgIpc) is 2.96. The summed E-state index contributed by atoms with van der Waals surface area (Å²) >= 11 is 0. The van der Waals surface area contributed by atoms with E-state index in [-0.39, 0.29) is 11.8 Å². The van der Waals surface area contributed by atoms with Gasteiger partial charge in [0.1, 0.15) is 5.82 Å². The zero-order valence-corrected chi connectivity index (χ0v) is 21.0. The molecule has 0 saturated carbocycles. The molecular weight excluding hydrogens is 396 g/mol. The normalized spacial score (nSPS) is 14.6. The first-order valence-corrected chi connectivity index (χ1v) is 12.0. The monoisotopic (exact) mass is 434 g/mol. The molecule has 2 aromatic rings. The van der Waals surface area contributed by atoms with Gasteiger partial charge in [0.05, 0.1) is 11.3 Å². The smallest absolute Gasteiger partial charge is 0.259 e. The fourth-order valence-corrected chi connectivity index (χ4v) is 4.74. The van der Waals surface area contributed by atoms with Crippen LogP contribution < -0.4 is 9.80 Å². The van der Waals surface area contributed by atoms with Crippen molar-refractivity contribution in [2.75, 3.05) is 22.9 Å². The Bertz CT molecular complexity index is 1020. The number of fused-ring (bicyclic) bond motifs is 1. The second-order valence-electron chi connectivity index (χ2n) is 9.29. The molecule has 172 valence electrons. The summed E-state index contributed by atoms with van der Waals surface area (Å²) in [5.41, 5.74) is 7.34. The maximum Gasteiger partial charge on any atom is 0.259 e. The standard InChI is InChI=1S/C27H38N4O/c1-9-11-12-13-31-25-23(22(26(31)32)14-17(3)4)21(8)28-27(29-25)30(10-2)24-19(6)15-18(5)16-20(24)7/h14-17H,9-13H2,1-8H3. The number of unbranched alkanes of at least 4 members (excludes halogenated alkanes) is 2. The van der Waals surface area contributed by atoms with Gasteiger partial charge in [0.15, 0.2) is 0 Å². The molecule has 1 aliphatic heterocycles. The zero-order chi connectivity index (χ0) is 23.6. The van der Waals surface area contributed by atoms with Gasteiger partial charge in [-0.1, -0.05) is 57.4 Å². The number of allylic oxidation sites excluding steroid dienone is 1. The Morgan fingerprint density at radius 3 is 2.25 bits per heavy atom. The van der Waals surface area contributed by atoms with Gasteiger partial charge in [-0.05, 0) is 58.1 Å². The quantitative estimate of drug-likeness (QED) is 0.354. The number of carbonyl (C=O) groups excluding carboxylic acids is 1. The highest BCUT2D eigenvalue weighted by Crippen LogP contribution is 2.40. The lowest BCUT2D eigenvalue weighted by Gasteiger charge is -2.27. The highest BCUT2D eigenvalue weighted by molar-refractivity contribution is 6.32. The summed E-state index contributed by atoms with van der Waals surface area (Å²) < 4.78 is 0. The summed E-state index contributed by atoms with van der Waals surface area (Å²) in [5.74, 6) is 1.77. The summed E-state index contributed by atoms with van der Waals surface area (Å²) in [5, 5.41) is 0. The minimum atomic E-state index is 0.0603. The predicted octanol–water partition coefficient (Wildman–Crippen LogP) is 6.44. The summed E-state index contributed by atoms with van der Waals surface area (Å²) in [6.45, 7) is 18.4. The van der Waals surface area contributed by atoms with Crippen LogP contribution in [0.2, 0.25) is 0 Å². The van der Waals surface area contributed by atoms with Crippen LogP contribution in [0.4, 0.5) is 17.5 Å². The molecule has 1 amide bonds. The third-order valence-corrected chi connectivity index (χ3v) is 6.01. The first-order valence-electron chi connectivity index (χ1n) is 12.0. The fourth-order valence-electron chi connectivity index (χ4n) is 4.74. The van der Waals surface area contributed by atoms with Crippen LogP contribution in [0.3, 0.4) is 0 Å². The number of carbonyl (C=O) groups is 1. The molecule has 32 heavy (non-hydrogen) atoms. The molecule has 0 N–H and O–H groups in total. The van der Waals surface area contributed by atoms with Crippen molar-refractivity contribution in [2.24, 2.45) is 5.92 Å². The van der Waals surface area contributed by atoms with E-state index in [1.165, 1.54) is 16.7 Å². The number of hydrogen-bond donors (Lipinski definition) is 0.